The number of ether oxygens (including phenoxy) is 2. The van der Waals surface area contributed by atoms with Gasteiger partial charge in [0.1, 0.15) is 18.1 Å². The maximum Gasteiger partial charge on any atom is 0.234 e. The molecule has 0 aliphatic carbocycles. The number of thioether (sulfide) groups is 1. The number of carbonyl (C=O) groups excluding carboxylic acids is 1. The summed E-state index contributed by atoms with van der Waals surface area (Å²) in [5, 5.41) is 11.2. The van der Waals surface area contributed by atoms with Gasteiger partial charge < -0.3 is 20.6 Å². The number of amides is 1. The van der Waals surface area contributed by atoms with Gasteiger partial charge in [-0.15, -0.1) is 10.2 Å². The molecule has 3 rings (SSSR count). The summed E-state index contributed by atoms with van der Waals surface area (Å²) in [7, 11) is 1.57. The number of hydrogen-bond acceptors (Lipinski definition) is 7. The van der Waals surface area contributed by atoms with Crippen LogP contribution in [0.1, 0.15) is 5.82 Å². The van der Waals surface area contributed by atoms with E-state index < -0.39 is 0 Å². The number of rotatable bonds is 8. The van der Waals surface area contributed by atoms with Gasteiger partial charge in [0, 0.05) is 11.8 Å². The summed E-state index contributed by atoms with van der Waals surface area (Å²) >= 11 is 1.19. The third-order valence-electron chi connectivity index (χ3n) is 3.53. The molecule has 0 bridgehead atoms. The maximum absolute atomic E-state index is 12.1. The second kappa shape index (κ2) is 8.95. The van der Waals surface area contributed by atoms with E-state index in [0.717, 1.165) is 0 Å². The first-order valence-corrected chi connectivity index (χ1v) is 9.08. The summed E-state index contributed by atoms with van der Waals surface area (Å²) < 4.78 is 12.1. The van der Waals surface area contributed by atoms with Crippen LogP contribution in [0, 0.1) is 0 Å². The van der Waals surface area contributed by atoms with Gasteiger partial charge in [0.2, 0.25) is 11.1 Å². The van der Waals surface area contributed by atoms with Crippen molar-refractivity contribution in [3.05, 3.63) is 60.4 Å². The minimum absolute atomic E-state index is 0.145. The molecule has 0 saturated heterocycles. The molecule has 0 saturated carbocycles. The number of anilines is 1. The lowest BCUT2D eigenvalue weighted by Gasteiger charge is -2.07. The standard InChI is InChI=1S/C18H19N5O3S/c1-25-15-9-5-6-13(10-15)20-17(24)12-27-18-22-21-16(23(18)19)11-26-14-7-3-2-4-8-14/h2-10H,11-12,19H2,1H3,(H,20,24). The Morgan fingerprint density at radius 1 is 1.15 bits per heavy atom. The van der Waals surface area contributed by atoms with Crippen molar-refractivity contribution in [3.63, 3.8) is 0 Å². The molecule has 140 valence electrons. The first kappa shape index (κ1) is 18.6. The Kier molecular flexibility index (Phi) is 6.16. The molecule has 1 heterocycles. The molecule has 27 heavy (non-hydrogen) atoms. The molecular weight excluding hydrogens is 366 g/mol. The van der Waals surface area contributed by atoms with Crippen LogP contribution in [0.4, 0.5) is 5.69 Å². The molecule has 0 aliphatic heterocycles. The molecule has 0 unspecified atom stereocenters. The average Bonchev–Trinajstić information content (AvgIpc) is 3.05. The van der Waals surface area contributed by atoms with E-state index in [0.29, 0.717) is 28.2 Å². The second-order valence-electron chi connectivity index (χ2n) is 5.44. The lowest BCUT2D eigenvalue weighted by molar-refractivity contribution is -0.113. The highest BCUT2D eigenvalue weighted by molar-refractivity contribution is 7.99. The Hall–Kier alpha value is -3.20. The molecular formula is C18H19N5O3S. The van der Waals surface area contributed by atoms with Gasteiger partial charge in [-0.3, -0.25) is 4.79 Å². The molecule has 0 spiro atoms. The van der Waals surface area contributed by atoms with E-state index in [1.54, 1.807) is 31.4 Å². The number of nitrogen functional groups attached to an aromatic ring is 1. The number of nitrogens with two attached hydrogens (primary N) is 1. The number of methoxy groups -OCH3 is 1. The summed E-state index contributed by atoms with van der Waals surface area (Å²) in [6.07, 6.45) is 0. The van der Waals surface area contributed by atoms with E-state index >= 15 is 0 Å². The van der Waals surface area contributed by atoms with Crippen LogP contribution in [0.15, 0.2) is 59.8 Å². The van der Waals surface area contributed by atoms with Gasteiger partial charge in [-0.25, -0.2) is 4.68 Å². The van der Waals surface area contributed by atoms with Crippen LogP contribution >= 0.6 is 11.8 Å². The van der Waals surface area contributed by atoms with Crippen LogP contribution in [-0.4, -0.2) is 33.6 Å². The lowest BCUT2D eigenvalue weighted by Crippen LogP contribution is -2.18. The Balaban J connectivity index is 1.52. The third kappa shape index (κ3) is 5.14. The van der Waals surface area contributed by atoms with Crippen LogP contribution in [0.25, 0.3) is 0 Å². The summed E-state index contributed by atoms with van der Waals surface area (Å²) in [6.45, 7) is 0.185. The number of para-hydroxylation sites is 1. The highest BCUT2D eigenvalue weighted by Crippen LogP contribution is 2.19. The number of carbonyl (C=O) groups is 1. The quantitative estimate of drug-likeness (QED) is 0.453. The Morgan fingerprint density at radius 2 is 1.93 bits per heavy atom. The second-order valence-corrected chi connectivity index (χ2v) is 6.38. The van der Waals surface area contributed by atoms with Crippen molar-refractivity contribution in [1.29, 1.82) is 0 Å². The van der Waals surface area contributed by atoms with Crippen LogP contribution in [0.2, 0.25) is 0 Å². The molecule has 3 aromatic rings. The smallest absolute Gasteiger partial charge is 0.234 e. The SMILES string of the molecule is COc1cccc(NC(=O)CSc2nnc(COc3ccccc3)n2N)c1. The molecule has 1 amide bonds. The van der Waals surface area contributed by atoms with Crippen molar-refractivity contribution in [1.82, 2.24) is 14.9 Å². The molecule has 0 atom stereocenters. The minimum Gasteiger partial charge on any atom is -0.497 e. The van der Waals surface area contributed by atoms with Crippen molar-refractivity contribution in [2.45, 2.75) is 11.8 Å². The van der Waals surface area contributed by atoms with Crippen LogP contribution in [0.5, 0.6) is 11.5 Å². The number of nitrogens with one attached hydrogen (secondary N) is 1. The summed E-state index contributed by atoms with van der Waals surface area (Å²) in [4.78, 5) is 12.1. The van der Waals surface area contributed by atoms with Gasteiger partial charge in [-0.2, -0.15) is 0 Å². The zero-order valence-electron chi connectivity index (χ0n) is 14.7. The largest absolute Gasteiger partial charge is 0.497 e. The van der Waals surface area contributed by atoms with Crippen molar-refractivity contribution >= 4 is 23.4 Å². The van der Waals surface area contributed by atoms with E-state index in [9.17, 15) is 4.79 Å². The van der Waals surface area contributed by atoms with Crippen LogP contribution in [0.3, 0.4) is 0 Å². The Labute approximate surface area is 160 Å². The number of hydrogen-bond donors (Lipinski definition) is 2. The average molecular weight is 385 g/mol. The zero-order chi connectivity index (χ0) is 19.1. The Morgan fingerprint density at radius 3 is 2.70 bits per heavy atom. The van der Waals surface area contributed by atoms with Gasteiger partial charge in [0.15, 0.2) is 5.82 Å². The van der Waals surface area contributed by atoms with Crippen molar-refractivity contribution in [2.24, 2.45) is 0 Å². The topological polar surface area (TPSA) is 104 Å². The maximum atomic E-state index is 12.1. The molecule has 3 N–H and O–H groups in total. The van der Waals surface area contributed by atoms with E-state index in [4.69, 9.17) is 15.3 Å². The van der Waals surface area contributed by atoms with Gasteiger partial charge in [-0.1, -0.05) is 36.0 Å². The first-order chi connectivity index (χ1) is 13.2. The molecule has 8 nitrogen and oxygen atoms in total. The predicted octanol–water partition coefficient (Wildman–Crippen LogP) is 2.31. The van der Waals surface area contributed by atoms with E-state index in [1.807, 2.05) is 30.3 Å². The monoisotopic (exact) mass is 385 g/mol. The number of benzene rings is 2. The van der Waals surface area contributed by atoms with Crippen LogP contribution < -0.4 is 20.6 Å². The van der Waals surface area contributed by atoms with Crippen molar-refractivity contribution in [2.75, 3.05) is 24.0 Å². The fraction of sp³-hybridized carbons (Fsp3) is 0.167. The summed E-state index contributed by atoms with van der Waals surface area (Å²) in [5.74, 6) is 7.80. The molecule has 0 aliphatic rings. The minimum atomic E-state index is -0.182. The third-order valence-corrected chi connectivity index (χ3v) is 4.48. The number of aromatic nitrogens is 3. The highest BCUT2D eigenvalue weighted by atomic mass is 32.2. The summed E-state index contributed by atoms with van der Waals surface area (Å²) in [6, 6.07) is 16.5. The fourth-order valence-electron chi connectivity index (χ4n) is 2.20. The van der Waals surface area contributed by atoms with Crippen molar-refractivity contribution < 1.29 is 14.3 Å². The zero-order valence-corrected chi connectivity index (χ0v) is 15.5. The number of nitrogens with zero attached hydrogens (tertiary/aromatic N) is 3. The Bertz CT molecular complexity index is 901. The summed E-state index contributed by atoms with van der Waals surface area (Å²) in [5.41, 5.74) is 0.658. The van der Waals surface area contributed by atoms with Crippen molar-refractivity contribution in [3.8, 4) is 11.5 Å². The molecule has 1 aromatic heterocycles. The van der Waals surface area contributed by atoms with Crippen LogP contribution in [-0.2, 0) is 11.4 Å². The molecule has 9 heteroatoms. The van der Waals surface area contributed by atoms with E-state index in [2.05, 4.69) is 15.5 Å². The van der Waals surface area contributed by atoms with E-state index in [1.165, 1.54) is 16.4 Å². The van der Waals surface area contributed by atoms with Gasteiger partial charge in [0.05, 0.1) is 12.9 Å². The predicted molar refractivity (Wildman–Crippen MR) is 103 cm³/mol. The first-order valence-electron chi connectivity index (χ1n) is 8.09. The molecule has 0 fully saturated rings. The molecule has 0 radical (unpaired) electrons. The van der Waals surface area contributed by atoms with Gasteiger partial charge in [-0.05, 0) is 24.3 Å². The van der Waals surface area contributed by atoms with Gasteiger partial charge >= 0.3 is 0 Å². The van der Waals surface area contributed by atoms with Gasteiger partial charge in [0.25, 0.3) is 0 Å². The van der Waals surface area contributed by atoms with E-state index in [-0.39, 0.29) is 18.3 Å². The molecule has 2 aromatic carbocycles. The fourth-order valence-corrected chi connectivity index (χ4v) is 2.87. The normalized spacial score (nSPS) is 10.4. The lowest BCUT2D eigenvalue weighted by atomic mass is 10.3. The highest BCUT2D eigenvalue weighted by Gasteiger charge is 2.13.